The Morgan fingerprint density at radius 1 is 1.38 bits per heavy atom. The van der Waals surface area contributed by atoms with Gasteiger partial charge in [0.2, 0.25) is 0 Å². The number of thiophene rings is 1. The maximum atomic E-state index is 12.0. The zero-order valence-electron chi connectivity index (χ0n) is 11.7. The van der Waals surface area contributed by atoms with E-state index >= 15 is 0 Å². The minimum absolute atomic E-state index is 0.246. The van der Waals surface area contributed by atoms with Crippen LogP contribution in [-0.4, -0.2) is 18.6 Å². The lowest BCUT2D eigenvalue weighted by Crippen LogP contribution is -2.28. The highest BCUT2D eigenvalue weighted by Crippen LogP contribution is 2.14. The maximum Gasteiger partial charge on any atom is 0.253 e. The Hall–Kier alpha value is -2.16. The summed E-state index contributed by atoms with van der Waals surface area (Å²) in [6, 6.07) is 13.0. The van der Waals surface area contributed by atoms with Crippen LogP contribution in [0.3, 0.4) is 0 Å². The number of ether oxygens (including phenoxy) is 1. The van der Waals surface area contributed by atoms with Gasteiger partial charge in [0.15, 0.2) is 0 Å². The van der Waals surface area contributed by atoms with Crippen LogP contribution in [0.1, 0.15) is 17.4 Å². The van der Waals surface area contributed by atoms with Crippen LogP contribution in [0.5, 0.6) is 0 Å². The summed E-state index contributed by atoms with van der Waals surface area (Å²) < 4.78 is 5.53. The number of hydrogen-bond donors (Lipinski definition) is 1. The van der Waals surface area contributed by atoms with Gasteiger partial charge < -0.3 is 10.1 Å². The second kappa shape index (κ2) is 7.58. The monoisotopic (exact) mass is 300 g/mol. The molecule has 0 aliphatic heterocycles. The van der Waals surface area contributed by atoms with E-state index < -0.39 is 6.10 Å². The molecule has 1 aromatic heterocycles. The average Bonchev–Trinajstić information content (AvgIpc) is 3.01. The predicted molar refractivity (Wildman–Crippen MR) is 83.2 cm³/mol. The van der Waals surface area contributed by atoms with E-state index in [1.807, 2.05) is 23.6 Å². The molecule has 5 heteroatoms. The molecule has 1 amide bonds. The molecule has 0 bridgehead atoms. The SMILES string of the molecule is CC(OCCc1cccs1)C(=O)Nc1ccccc1C#N. The standard InChI is InChI=1S/C16H16N2O2S/c1-12(20-9-8-14-6-4-10-21-14)16(19)18-15-7-3-2-5-13(15)11-17/h2-7,10,12H,8-9H2,1H3,(H,18,19). The van der Waals surface area contributed by atoms with Crippen LogP contribution < -0.4 is 5.32 Å². The third-order valence-corrected chi connectivity index (χ3v) is 3.91. The zero-order valence-corrected chi connectivity index (χ0v) is 12.5. The van der Waals surface area contributed by atoms with Gasteiger partial charge in [-0.1, -0.05) is 18.2 Å². The first-order chi connectivity index (χ1) is 10.2. The van der Waals surface area contributed by atoms with E-state index in [0.29, 0.717) is 17.9 Å². The molecule has 0 spiro atoms. The van der Waals surface area contributed by atoms with Crippen LogP contribution in [0.4, 0.5) is 5.69 Å². The van der Waals surface area contributed by atoms with Crippen molar-refractivity contribution in [3.05, 3.63) is 52.2 Å². The van der Waals surface area contributed by atoms with E-state index in [-0.39, 0.29) is 5.91 Å². The number of carbonyl (C=O) groups is 1. The molecule has 108 valence electrons. The summed E-state index contributed by atoms with van der Waals surface area (Å²) >= 11 is 1.67. The van der Waals surface area contributed by atoms with Crippen molar-refractivity contribution in [2.45, 2.75) is 19.4 Å². The number of anilines is 1. The van der Waals surface area contributed by atoms with Gasteiger partial charge in [0, 0.05) is 11.3 Å². The normalized spacial score (nSPS) is 11.6. The van der Waals surface area contributed by atoms with E-state index in [9.17, 15) is 4.79 Å². The van der Waals surface area contributed by atoms with Crippen LogP contribution in [0.25, 0.3) is 0 Å². The molecular weight excluding hydrogens is 284 g/mol. The van der Waals surface area contributed by atoms with Gasteiger partial charge in [-0.25, -0.2) is 0 Å². The number of nitrogens with zero attached hydrogens (tertiary/aromatic N) is 1. The van der Waals surface area contributed by atoms with Gasteiger partial charge in [-0.05, 0) is 30.5 Å². The van der Waals surface area contributed by atoms with Crippen molar-refractivity contribution < 1.29 is 9.53 Å². The molecule has 4 nitrogen and oxygen atoms in total. The summed E-state index contributed by atoms with van der Waals surface area (Å²) in [6.45, 7) is 2.20. The second-order valence-electron chi connectivity index (χ2n) is 4.49. The Kier molecular flexibility index (Phi) is 5.50. The van der Waals surface area contributed by atoms with Crippen molar-refractivity contribution in [2.24, 2.45) is 0 Å². The van der Waals surface area contributed by atoms with Crippen LogP contribution in [0.15, 0.2) is 41.8 Å². The molecule has 0 radical (unpaired) electrons. The number of nitrogens with one attached hydrogen (secondary N) is 1. The van der Waals surface area contributed by atoms with Crippen LogP contribution in [-0.2, 0) is 16.0 Å². The molecule has 1 aromatic carbocycles. The predicted octanol–water partition coefficient (Wildman–Crippen LogP) is 3.21. The third kappa shape index (κ3) is 4.42. The molecule has 0 saturated carbocycles. The topological polar surface area (TPSA) is 62.1 Å². The first kappa shape index (κ1) is 15.2. The van der Waals surface area contributed by atoms with Crippen molar-refractivity contribution in [1.82, 2.24) is 0 Å². The number of benzene rings is 1. The molecule has 1 N–H and O–H groups in total. The van der Waals surface area contributed by atoms with Gasteiger partial charge in [0.25, 0.3) is 5.91 Å². The van der Waals surface area contributed by atoms with Gasteiger partial charge >= 0.3 is 0 Å². The highest BCUT2D eigenvalue weighted by Gasteiger charge is 2.14. The molecule has 0 aliphatic rings. The van der Waals surface area contributed by atoms with E-state index in [0.717, 1.165) is 6.42 Å². The summed E-state index contributed by atoms with van der Waals surface area (Å²) in [5.41, 5.74) is 0.954. The first-order valence-electron chi connectivity index (χ1n) is 6.64. The molecule has 1 heterocycles. The van der Waals surface area contributed by atoms with E-state index in [4.69, 9.17) is 10.00 Å². The van der Waals surface area contributed by atoms with Gasteiger partial charge in [0.1, 0.15) is 12.2 Å². The average molecular weight is 300 g/mol. The molecular formula is C16H16N2O2S. The Labute approximate surface area is 128 Å². The fourth-order valence-corrected chi connectivity index (χ4v) is 2.48. The van der Waals surface area contributed by atoms with Crippen molar-refractivity contribution in [1.29, 1.82) is 5.26 Å². The van der Waals surface area contributed by atoms with Gasteiger partial charge in [0.05, 0.1) is 17.9 Å². The Balaban J connectivity index is 1.83. The van der Waals surface area contributed by atoms with Gasteiger partial charge in [-0.3, -0.25) is 4.79 Å². The fraction of sp³-hybridized carbons (Fsp3) is 0.250. The van der Waals surface area contributed by atoms with Gasteiger partial charge in [-0.2, -0.15) is 5.26 Å². The minimum Gasteiger partial charge on any atom is -0.368 e. The lowest BCUT2D eigenvalue weighted by Gasteiger charge is -2.13. The number of rotatable bonds is 6. The second-order valence-corrected chi connectivity index (χ2v) is 5.52. The molecule has 0 fully saturated rings. The first-order valence-corrected chi connectivity index (χ1v) is 7.52. The fourth-order valence-electron chi connectivity index (χ4n) is 1.79. The number of nitriles is 1. The molecule has 1 atom stereocenters. The van der Waals surface area contributed by atoms with Crippen molar-refractivity contribution in [3.8, 4) is 6.07 Å². The van der Waals surface area contributed by atoms with Crippen molar-refractivity contribution >= 4 is 22.9 Å². The van der Waals surface area contributed by atoms with Crippen molar-refractivity contribution in [3.63, 3.8) is 0 Å². The molecule has 21 heavy (non-hydrogen) atoms. The lowest BCUT2D eigenvalue weighted by molar-refractivity contribution is -0.126. The largest absolute Gasteiger partial charge is 0.368 e. The van der Waals surface area contributed by atoms with Gasteiger partial charge in [-0.15, -0.1) is 11.3 Å². The van der Waals surface area contributed by atoms with E-state index in [2.05, 4.69) is 5.32 Å². The summed E-state index contributed by atoms with van der Waals surface area (Å²) in [7, 11) is 0. The summed E-state index contributed by atoms with van der Waals surface area (Å²) in [4.78, 5) is 13.3. The summed E-state index contributed by atoms with van der Waals surface area (Å²) in [5, 5.41) is 13.7. The minimum atomic E-state index is -0.559. The highest BCUT2D eigenvalue weighted by molar-refractivity contribution is 7.09. The van der Waals surface area contributed by atoms with Crippen LogP contribution >= 0.6 is 11.3 Å². The number of hydrogen-bond acceptors (Lipinski definition) is 4. The number of amides is 1. The Morgan fingerprint density at radius 2 is 2.19 bits per heavy atom. The Bertz CT molecular complexity index is 632. The molecule has 2 rings (SSSR count). The molecule has 0 aliphatic carbocycles. The molecule has 2 aromatic rings. The zero-order chi connectivity index (χ0) is 15.1. The van der Waals surface area contributed by atoms with Crippen molar-refractivity contribution in [2.75, 3.05) is 11.9 Å². The summed E-state index contributed by atoms with van der Waals surface area (Å²) in [5.74, 6) is -0.246. The molecule has 1 unspecified atom stereocenters. The lowest BCUT2D eigenvalue weighted by atomic mass is 10.2. The summed E-state index contributed by atoms with van der Waals surface area (Å²) in [6.07, 6.45) is 0.237. The maximum absolute atomic E-state index is 12.0. The third-order valence-electron chi connectivity index (χ3n) is 2.97. The quantitative estimate of drug-likeness (QED) is 0.891. The van der Waals surface area contributed by atoms with E-state index in [1.165, 1.54) is 4.88 Å². The Morgan fingerprint density at radius 3 is 2.90 bits per heavy atom. The smallest absolute Gasteiger partial charge is 0.253 e. The van der Waals surface area contributed by atoms with Crippen LogP contribution in [0.2, 0.25) is 0 Å². The number of carbonyl (C=O) groups excluding carboxylic acids is 1. The molecule has 0 saturated heterocycles. The van der Waals surface area contributed by atoms with E-state index in [1.54, 1.807) is 42.5 Å². The van der Waals surface area contributed by atoms with Crippen LogP contribution in [0, 0.1) is 11.3 Å². The highest BCUT2D eigenvalue weighted by atomic mass is 32.1. The number of para-hydroxylation sites is 1.